The molecule has 0 radical (unpaired) electrons. The van der Waals surface area contributed by atoms with Crippen LogP contribution in [0.15, 0.2) is 12.4 Å². The number of carbonyl (C=O) groups is 1. The second-order valence-corrected chi connectivity index (χ2v) is 6.18. The highest BCUT2D eigenvalue weighted by Crippen LogP contribution is 2.33. The smallest absolute Gasteiger partial charge is 0.227 e. The number of aromatic nitrogens is 2. The molecule has 7 heteroatoms. The van der Waals surface area contributed by atoms with Gasteiger partial charge in [0, 0.05) is 37.4 Å². The first kappa shape index (κ1) is 21.2. The van der Waals surface area contributed by atoms with Gasteiger partial charge in [-0.3, -0.25) is 9.48 Å². The maximum atomic E-state index is 12.8. The standard InChI is InChI=1S/C15H26N4O.2ClH/c1-4-19(11-12-9-17-18(3)10-12)14(20)13-7-5-6-8-15(13,2)16;;/h9-10,13H,4-8,11,16H2,1-3H3;2*1H. The van der Waals surface area contributed by atoms with E-state index in [1.165, 1.54) is 0 Å². The summed E-state index contributed by atoms with van der Waals surface area (Å²) >= 11 is 0. The van der Waals surface area contributed by atoms with Gasteiger partial charge < -0.3 is 10.6 Å². The van der Waals surface area contributed by atoms with Crippen LogP contribution in [0.3, 0.4) is 0 Å². The highest BCUT2D eigenvalue weighted by molar-refractivity contribution is 5.85. The molecule has 1 aliphatic rings. The van der Waals surface area contributed by atoms with Gasteiger partial charge in [0.15, 0.2) is 0 Å². The number of hydrogen-bond acceptors (Lipinski definition) is 3. The molecule has 5 nitrogen and oxygen atoms in total. The molecule has 0 saturated heterocycles. The average molecular weight is 351 g/mol. The van der Waals surface area contributed by atoms with Crippen molar-refractivity contribution >= 4 is 30.7 Å². The van der Waals surface area contributed by atoms with Gasteiger partial charge in [0.2, 0.25) is 5.91 Å². The van der Waals surface area contributed by atoms with Gasteiger partial charge in [-0.05, 0) is 26.7 Å². The number of nitrogens with zero attached hydrogens (tertiary/aromatic N) is 3. The minimum absolute atomic E-state index is 0. The van der Waals surface area contributed by atoms with Crippen LogP contribution in [-0.2, 0) is 18.4 Å². The molecule has 1 heterocycles. The van der Waals surface area contributed by atoms with E-state index < -0.39 is 0 Å². The van der Waals surface area contributed by atoms with Gasteiger partial charge in [-0.1, -0.05) is 12.8 Å². The average Bonchev–Trinajstić information content (AvgIpc) is 2.80. The molecule has 0 aromatic carbocycles. The van der Waals surface area contributed by atoms with Crippen LogP contribution in [0, 0.1) is 5.92 Å². The third-order valence-electron chi connectivity index (χ3n) is 4.38. The second-order valence-electron chi connectivity index (χ2n) is 6.18. The Kier molecular flexibility index (Phi) is 8.44. The Morgan fingerprint density at radius 2 is 2.18 bits per heavy atom. The zero-order valence-electron chi connectivity index (χ0n) is 13.6. The first-order valence-electron chi connectivity index (χ1n) is 7.49. The Labute approximate surface area is 145 Å². The number of nitrogens with two attached hydrogens (primary N) is 1. The normalized spacial score (nSPS) is 24.1. The summed E-state index contributed by atoms with van der Waals surface area (Å²) in [6.07, 6.45) is 7.86. The fourth-order valence-corrected chi connectivity index (χ4v) is 3.10. The molecule has 1 aliphatic carbocycles. The third kappa shape index (κ3) is 4.86. The molecule has 0 spiro atoms. The van der Waals surface area contributed by atoms with Crippen molar-refractivity contribution < 1.29 is 4.79 Å². The van der Waals surface area contributed by atoms with E-state index in [0.717, 1.165) is 31.2 Å². The Hall–Kier alpha value is -0.780. The van der Waals surface area contributed by atoms with Crippen molar-refractivity contribution in [3.05, 3.63) is 18.0 Å². The molecule has 1 saturated carbocycles. The monoisotopic (exact) mass is 350 g/mol. The lowest BCUT2D eigenvalue weighted by molar-refractivity contribution is -0.139. The number of amides is 1. The van der Waals surface area contributed by atoms with Crippen LogP contribution < -0.4 is 5.73 Å². The minimum atomic E-state index is -0.363. The fraction of sp³-hybridized carbons (Fsp3) is 0.733. The van der Waals surface area contributed by atoms with Gasteiger partial charge in [0.1, 0.15) is 0 Å². The first-order valence-corrected chi connectivity index (χ1v) is 7.49. The molecule has 1 aromatic rings. The summed E-state index contributed by atoms with van der Waals surface area (Å²) in [5.41, 5.74) is 7.05. The number of aryl methyl sites for hydroxylation is 1. The molecule has 1 amide bonds. The number of halogens is 2. The van der Waals surface area contributed by atoms with E-state index in [0.29, 0.717) is 13.1 Å². The van der Waals surface area contributed by atoms with Crippen molar-refractivity contribution in [2.75, 3.05) is 6.54 Å². The van der Waals surface area contributed by atoms with E-state index in [4.69, 9.17) is 5.73 Å². The molecule has 128 valence electrons. The van der Waals surface area contributed by atoms with Crippen molar-refractivity contribution in [1.82, 2.24) is 14.7 Å². The lowest BCUT2D eigenvalue weighted by atomic mass is 9.74. The van der Waals surface area contributed by atoms with Crippen molar-refractivity contribution in [2.24, 2.45) is 18.7 Å². The molecule has 1 fully saturated rings. The Morgan fingerprint density at radius 3 is 2.68 bits per heavy atom. The Bertz CT molecular complexity index is 476. The van der Waals surface area contributed by atoms with Crippen molar-refractivity contribution in [2.45, 2.75) is 51.6 Å². The quantitative estimate of drug-likeness (QED) is 0.907. The molecule has 0 aliphatic heterocycles. The van der Waals surface area contributed by atoms with E-state index in [1.54, 1.807) is 4.68 Å². The number of hydrogen-bond donors (Lipinski definition) is 1. The maximum Gasteiger partial charge on any atom is 0.227 e. The maximum absolute atomic E-state index is 12.8. The summed E-state index contributed by atoms with van der Waals surface area (Å²) in [7, 11) is 1.89. The van der Waals surface area contributed by atoms with Crippen LogP contribution in [0.2, 0.25) is 0 Å². The highest BCUT2D eigenvalue weighted by atomic mass is 35.5. The topological polar surface area (TPSA) is 64.2 Å². The Balaban J connectivity index is 0.00000220. The molecule has 22 heavy (non-hydrogen) atoms. The van der Waals surface area contributed by atoms with Crippen LogP contribution in [0.1, 0.15) is 45.1 Å². The van der Waals surface area contributed by atoms with Gasteiger partial charge in [-0.25, -0.2) is 0 Å². The molecule has 0 bridgehead atoms. The summed E-state index contributed by atoms with van der Waals surface area (Å²) in [5, 5.41) is 4.16. The number of rotatable bonds is 4. The lowest BCUT2D eigenvalue weighted by Gasteiger charge is -2.39. The van der Waals surface area contributed by atoms with Crippen LogP contribution >= 0.6 is 24.8 Å². The van der Waals surface area contributed by atoms with Crippen molar-refractivity contribution in [3.8, 4) is 0 Å². The summed E-state index contributed by atoms with van der Waals surface area (Å²) in [6, 6.07) is 0. The SMILES string of the molecule is CCN(Cc1cnn(C)c1)C(=O)C1CCCCC1(C)N.Cl.Cl. The molecule has 2 atom stereocenters. The predicted octanol–water partition coefficient (Wildman–Crippen LogP) is 2.52. The fourth-order valence-electron chi connectivity index (χ4n) is 3.10. The number of carbonyl (C=O) groups excluding carboxylic acids is 1. The lowest BCUT2D eigenvalue weighted by Crippen LogP contribution is -2.53. The summed E-state index contributed by atoms with van der Waals surface area (Å²) in [5.74, 6) is 0.147. The van der Waals surface area contributed by atoms with Crippen molar-refractivity contribution in [1.29, 1.82) is 0 Å². The van der Waals surface area contributed by atoms with E-state index >= 15 is 0 Å². The highest BCUT2D eigenvalue weighted by Gasteiger charge is 2.39. The van der Waals surface area contributed by atoms with E-state index in [9.17, 15) is 4.79 Å². The first-order chi connectivity index (χ1) is 9.44. The predicted molar refractivity (Wildman–Crippen MR) is 93.3 cm³/mol. The second kappa shape index (κ2) is 8.75. The minimum Gasteiger partial charge on any atom is -0.338 e. The van der Waals surface area contributed by atoms with Gasteiger partial charge in [-0.15, -0.1) is 24.8 Å². The van der Waals surface area contributed by atoms with Gasteiger partial charge in [-0.2, -0.15) is 5.10 Å². The van der Waals surface area contributed by atoms with Gasteiger partial charge in [0.25, 0.3) is 0 Å². The van der Waals surface area contributed by atoms with Crippen LogP contribution in [-0.4, -0.2) is 32.7 Å². The summed E-state index contributed by atoms with van der Waals surface area (Å²) in [4.78, 5) is 14.7. The van der Waals surface area contributed by atoms with E-state index in [2.05, 4.69) is 5.10 Å². The molecule has 2 rings (SSSR count). The van der Waals surface area contributed by atoms with Gasteiger partial charge >= 0.3 is 0 Å². The van der Waals surface area contributed by atoms with Gasteiger partial charge in [0.05, 0.1) is 12.1 Å². The molecule has 2 N–H and O–H groups in total. The van der Waals surface area contributed by atoms with E-state index in [1.807, 2.05) is 38.2 Å². The Morgan fingerprint density at radius 1 is 1.50 bits per heavy atom. The van der Waals surface area contributed by atoms with E-state index in [-0.39, 0.29) is 42.2 Å². The molecule has 1 aromatic heterocycles. The zero-order chi connectivity index (χ0) is 14.8. The molecule has 2 unspecified atom stereocenters. The van der Waals surface area contributed by atoms with Crippen LogP contribution in [0.5, 0.6) is 0 Å². The summed E-state index contributed by atoms with van der Waals surface area (Å²) < 4.78 is 1.77. The largest absolute Gasteiger partial charge is 0.338 e. The molecular weight excluding hydrogens is 323 g/mol. The zero-order valence-corrected chi connectivity index (χ0v) is 15.3. The van der Waals surface area contributed by atoms with Crippen molar-refractivity contribution in [3.63, 3.8) is 0 Å². The van der Waals surface area contributed by atoms with Crippen LogP contribution in [0.25, 0.3) is 0 Å². The van der Waals surface area contributed by atoms with Crippen LogP contribution in [0.4, 0.5) is 0 Å². The molecular formula is C15H28Cl2N4O. The third-order valence-corrected chi connectivity index (χ3v) is 4.38. The summed E-state index contributed by atoms with van der Waals surface area (Å²) in [6.45, 7) is 5.37.